The zero-order valence-corrected chi connectivity index (χ0v) is 8.13. The summed E-state index contributed by atoms with van der Waals surface area (Å²) in [6, 6.07) is 0. The molecule has 0 unspecified atom stereocenters. The Hall–Kier alpha value is -1.58. The molecule has 0 saturated heterocycles. The molecular weight excluding hydrogens is 178 g/mol. The molecular formula is C10H13N3O. The third-order valence-electron chi connectivity index (χ3n) is 2.35. The molecule has 0 atom stereocenters. The molecule has 4 heteroatoms. The van der Waals surface area contributed by atoms with E-state index in [9.17, 15) is 4.79 Å². The van der Waals surface area contributed by atoms with E-state index in [-0.39, 0.29) is 5.56 Å². The van der Waals surface area contributed by atoms with E-state index in [2.05, 4.69) is 21.9 Å². The molecule has 2 N–H and O–H groups in total. The molecule has 0 bridgehead atoms. The third kappa shape index (κ3) is 1.43. The van der Waals surface area contributed by atoms with E-state index in [1.165, 1.54) is 6.33 Å². The molecule has 4 nitrogen and oxygen atoms in total. The number of rotatable bonds is 3. The maximum absolute atomic E-state index is 11.3. The number of nitrogens with zero attached hydrogens (tertiary/aromatic N) is 1. The smallest absolute Gasteiger partial charge is 0.275 e. The Morgan fingerprint density at radius 3 is 3.07 bits per heavy atom. The van der Waals surface area contributed by atoms with Crippen molar-refractivity contribution in [1.29, 1.82) is 0 Å². The second-order valence-electron chi connectivity index (χ2n) is 3.37. The van der Waals surface area contributed by atoms with Crippen molar-refractivity contribution in [2.45, 2.75) is 26.2 Å². The first kappa shape index (κ1) is 8.99. The van der Waals surface area contributed by atoms with E-state index in [1.807, 2.05) is 6.20 Å². The first-order chi connectivity index (χ1) is 6.83. The Labute approximate surface area is 81.4 Å². The number of hydrogen-bond donors (Lipinski definition) is 2. The molecule has 2 aromatic heterocycles. The van der Waals surface area contributed by atoms with E-state index >= 15 is 0 Å². The Balaban J connectivity index is 2.47. The molecule has 0 fully saturated rings. The average molecular weight is 191 g/mol. The molecule has 2 heterocycles. The van der Waals surface area contributed by atoms with E-state index in [4.69, 9.17) is 0 Å². The van der Waals surface area contributed by atoms with Crippen LogP contribution in [-0.2, 0) is 6.42 Å². The zero-order valence-electron chi connectivity index (χ0n) is 8.13. The second-order valence-corrected chi connectivity index (χ2v) is 3.37. The van der Waals surface area contributed by atoms with Gasteiger partial charge in [-0.2, -0.15) is 0 Å². The largest absolute Gasteiger partial charge is 0.355 e. The van der Waals surface area contributed by atoms with Crippen molar-refractivity contribution < 1.29 is 0 Å². The third-order valence-corrected chi connectivity index (χ3v) is 2.35. The Morgan fingerprint density at radius 1 is 1.43 bits per heavy atom. The van der Waals surface area contributed by atoms with Crippen molar-refractivity contribution >= 4 is 11.0 Å². The van der Waals surface area contributed by atoms with Gasteiger partial charge in [0.05, 0.1) is 11.8 Å². The fraction of sp³-hybridized carbons (Fsp3) is 0.400. The fourth-order valence-electron chi connectivity index (χ4n) is 1.56. The SMILES string of the molecule is CCCCc1c[nH]c2c(=O)[nH]cnc12. The minimum atomic E-state index is -0.0993. The fourth-order valence-corrected chi connectivity index (χ4v) is 1.56. The highest BCUT2D eigenvalue weighted by atomic mass is 16.1. The van der Waals surface area contributed by atoms with Crippen molar-refractivity contribution in [1.82, 2.24) is 15.0 Å². The minimum absolute atomic E-state index is 0.0993. The molecule has 0 aliphatic heterocycles. The highest BCUT2D eigenvalue weighted by molar-refractivity contribution is 5.77. The van der Waals surface area contributed by atoms with Crippen LogP contribution < -0.4 is 5.56 Å². The predicted molar refractivity (Wildman–Crippen MR) is 55.3 cm³/mol. The molecule has 74 valence electrons. The lowest BCUT2D eigenvalue weighted by Gasteiger charge is -1.94. The van der Waals surface area contributed by atoms with Crippen molar-refractivity contribution in [2.75, 3.05) is 0 Å². The number of unbranched alkanes of at least 4 members (excludes halogenated alkanes) is 1. The highest BCUT2D eigenvalue weighted by Gasteiger charge is 2.06. The number of H-pyrrole nitrogens is 2. The lowest BCUT2D eigenvalue weighted by Crippen LogP contribution is -2.05. The van der Waals surface area contributed by atoms with Gasteiger partial charge in [-0.15, -0.1) is 0 Å². The predicted octanol–water partition coefficient (Wildman–Crippen LogP) is 1.59. The monoisotopic (exact) mass is 191 g/mol. The number of hydrogen-bond acceptors (Lipinski definition) is 2. The Bertz CT molecular complexity index is 483. The van der Waals surface area contributed by atoms with Crippen LogP contribution in [0.15, 0.2) is 17.3 Å². The van der Waals surface area contributed by atoms with Gasteiger partial charge in [0.1, 0.15) is 5.52 Å². The summed E-state index contributed by atoms with van der Waals surface area (Å²) in [7, 11) is 0. The van der Waals surface area contributed by atoms with Crippen LogP contribution in [0.2, 0.25) is 0 Å². The van der Waals surface area contributed by atoms with Gasteiger partial charge in [-0.3, -0.25) is 4.79 Å². The normalized spacial score (nSPS) is 10.9. The van der Waals surface area contributed by atoms with Gasteiger partial charge >= 0.3 is 0 Å². The number of fused-ring (bicyclic) bond motifs is 1. The summed E-state index contributed by atoms with van der Waals surface area (Å²) < 4.78 is 0. The van der Waals surface area contributed by atoms with Gasteiger partial charge in [0.25, 0.3) is 5.56 Å². The van der Waals surface area contributed by atoms with Crippen molar-refractivity contribution in [3.8, 4) is 0 Å². The molecule has 0 amide bonds. The molecule has 2 aromatic rings. The van der Waals surface area contributed by atoms with Crippen molar-refractivity contribution in [3.63, 3.8) is 0 Å². The van der Waals surface area contributed by atoms with E-state index < -0.39 is 0 Å². The number of aromatic nitrogens is 3. The summed E-state index contributed by atoms with van der Waals surface area (Å²) in [5.74, 6) is 0. The topological polar surface area (TPSA) is 61.5 Å². The van der Waals surface area contributed by atoms with Gasteiger partial charge in [0, 0.05) is 6.20 Å². The van der Waals surface area contributed by atoms with Crippen LogP contribution in [0.4, 0.5) is 0 Å². The van der Waals surface area contributed by atoms with E-state index in [1.54, 1.807) is 0 Å². The lowest BCUT2D eigenvalue weighted by molar-refractivity contribution is 0.797. The molecule has 0 aromatic carbocycles. The van der Waals surface area contributed by atoms with Crippen LogP contribution in [0.5, 0.6) is 0 Å². The molecule has 14 heavy (non-hydrogen) atoms. The molecule has 0 spiro atoms. The maximum Gasteiger partial charge on any atom is 0.275 e. The van der Waals surface area contributed by atoms with E-state index in [0.717, 1.165) is 30.3 Å². The zero-order chi connectivity index (χ0) is 9.97. The molecule has 0 aliphatic carbocycles. The molecule has 0 saturated carbocycles. The average Bonchev–Trinajstić information content (AvgIpc) is 2.60. The van der Waals surface area contributed by atoms with Crippen LogP contribution in [0, 0.1) is 0 Å². The molecule has 2 rings (SSSR count). The summed E-state index contributed by atoms with van der Waals surface area (Å²) in [5.41, 5.74) is 2.42. The summed E-state index contributed by atoms with van der Waals surface area (Å²) in [6.45, 7) is 2.15. The molecule has 0 radical (unpaired) electrons. The highest BCUT2D eigenvalue weighted by Crippen LogP contribution is 2.13. The van der Waals surface area contributed by atoms with Crippen LogP contribution in [0.25, 0.3) is 11.0 Å². The Morgan fingerprint density at radius 2 is 2.29 bits per heavy atom. The summed E-state index contributed by atoms with van der Waals surface area (Å²) in [5, 5.41) is 0. The van der Waals surface area contributed by atoms with Crippen LogP contribution in [0.1, 0.15) is 25.3 Å². The number of aryl methyl sites for hydroxylation is 1. The number of nitrogens with one attached hydrogen (secondary N) is 2. The van der Waals surface area contributed by atoms with Gasteiger partial charge in [0.2, 0.25) is 0 Å². The summed E-state index contributed by atoms with van der Waals surface area (Å²) >= 11 is 0. The van der Waals surface area contributed by atoms with Crippen LogP contribution in [0.3, 0.4) is 0 Å². The summed E-state index contributed by atoms with van der Waals surface area (Å²) in [4.78, 5) is 21.0. The first-order valence-electron chi connectivity index (χ1n) is 4.86. The van der Waals surface area contributed by atoms with Gasteiger partial charge in [0.15, 0.2) is 0 Å². The van der Waals surface area contributed by atoms with Crippen LogP contribution in [-0.4, -0.2) is 15.0 Å². The van der Waals surface area contributed by atoms with Gasteiger partial charge < -0.3 is 9.97 Å². The lowest BCUT2D eigenvalue weighted by atomic mass is 10.1. The van der Waals surface area contributed by atoms with Crippen LogP contribution >= 0.6 is 0 Å². The maximum atomic E-state index is 11.3. The van der Waals surface area contributed by atoms with Crippen molar-refractivity contribution in [3.05, 3.63) is 28.4 Å². The van der Waals surface area contributed by atoms with Gasteiger partial charge in [-0.25, -0.2) is 4.98 Å². The van der Waals surface area contributed by atoms with Gasteiger partial charge in [-0.1, -0.05) is 13.3 Å². The standard InChI is InChI=1S/C10H13N3O/c1-2-3-4-7-5-11-9-8(7)12-6-13-10(9)14/h5-6,11H,2-4H2,1H3,(H,12,13,14). The van der Waals surface area contributed by atoms with Crippen molar-refractivity contribution in [2.24, 2.45) is 0 Å². The summed E-state index contributed by atoms with van der Waals surface area (Å²) in [6.07, 6.45) is 6.58. The Kier molecular flexibility index (Phi) is 2.35. The number of aromatic amines is 2. The van der Waals surface area contributed by atoms with Gasteiger partial charge in [-0.05, 0) is 18.4 Å². The first-order valence-corrected chi connectivity index (χ1v) is 4.86. The quantitative estimate of drug-likeness (QED) is 0.774. The minimum Gasteiger partial charge on any atom is -0.355 e. The van der Waals surface area contributed by atoms with E-state index in [0.29, 0.717) is 5.52 Å². The molecule has 0 aliphatic rings. The second kappa shape index (κ2) is 3.65.